The van der Waals surface area contributed by atoms with E-state index in [1.54, 1.807) is 54.1 Å². The number of nitrogens with zero attached hydrogens (tertiary/aromatic N) is 4. The topological polar surface area (TPSA) is 109 Å². The standard InChI is InChI=1S/C31H44N4O6S2/c1-22-16-29(40-3)17-23(2)31(22)43(38,39)34-14-4-6-24(34)7-5-15-42(36,37)33-20-27(21-33)35-25-8-9-26(35)19-30(18-25)41-28-10-12-32-13-11-28/h10-13,16-17,24-27,30H,4-9,14-15,18-21H2,1-3H3/t24?,25-,26+,30?. The molecule has 4 atom stereocenters. The number of pyridine rings is 1. The minimum absolute atomic E-state index is 0.0550. The summed E-state index contributed by atoms with van der Waals surface area (Å²) in [6.45, 7) is 5.15. The summed E-state index contributed by atoms with van der Waals surface area (Å²) in [4.78, 5) is 6.97. The first-order chi connectivity index (χ1) is 20.6. The van der Waals surface area contributed by atoms with E-state index in [9.17, 15) is 16.8 Å². The number of fused-ring (bicyclic) bond motifs is 2. The lowest BCUT2D eigenvalue weighted by Gasteiger charge is -2.50. The van der Waals surface area contributed by atoms with Gasteiger partial charge in [-0.25, -0.2) is 16.8 Å². The second-order valence-corrected chi connectivity index (χ2v) is 16.6. The van der Waals surface area contributed by atoms with E-state index in [2.05, 4.69) is 9.88 Å². The molecule has 2 bridgehead atoms. The van der Waals surface area contributed by atoms with Gasteiger partial charge in [-0.15, -0.1) is 0 Å². The molecule has 4 aliphatic heterocycles. The van der Waals surface area contributed by atoms with Gasteiger partial charge in [-0.1, -0.05) is 0 Å². The first-order valence-corrected chi connectivity index (χ1v) is 18.6. The minimum atomic E-state index is -3.70. The van der Waals surface area contributed by atoms with Crippen LogP contribution in [0.3, 0.4) is 0 Å². The number of hydrogen-bond acceptors (Lipinski definition) is 8. The lowest BCUT2D eigenvalue weighted by molar-refractivity contribution is -0.0147. The van der Waals surface area contributed by atoms with Gasteiger partial charge in [0.2, 0.25) is 20.0 Å². The van der Waals surface area contributed by atoms with Crippen molar-refractivity contribution in [1.29, 1.82) is 0 Å². The molecule has 4 fully saturated rings. The Hall–Kier alpha value is -2.25. The Kier molecular flexibility index (Phi) is 8.78. The zero-order valence-electron chi connectivity index (χ0n) is 25.4. The van der Waals surface area contributed by atoms with E-state index in [-0.39, 0.29) is 23.9 Å². The van der Waals surface area contributed by atoms with E-state index in [1.165, 1.54) is 0 Å². The number of hydrogen-bond donors (Lipinski definition) is 0. The molecule has 236 valence electrons. The van der Waals surface area contributed by atoms with Gasteiger partial charge in [0.1, 0.15) is 17.6 Å². The smallest absolute Gasteiger partial charge is 0.243 e. The number of methoxy groups -OCH3 is 1. The second kappa shape index (κ2) is 12.3. The van der Waals surface area contributed by atoms with Gasteiger partial charge in [0.25, 0.3) is 0 Å². The van der Waals surface area contributed by atoms with Crippen LogP contribution in [0.15, 0.2) is 41.6 Å². The van der Waals surface area contributed by atoms with Crippen molar-refractivity contribution in [3.63, 3.8) is 0 Å². The Bertz CT molecular complexity index is 1480. The fraction of sp³-hybridized carbons (Fsp3) is 0.645. The lowest BCUT2D eigenvalue weighted by atomic mass is 9.95. The van der Waals surface area contributed by atoms with Crippen LogP contribution in [0.25, 0.3) is 0 Å². The second-order valence-electron chi connectivity index (χ2n) is 12.7. The number of aromatic nitrogens is 1. The van der Waals surface area contributed by atoms with Crippen molar-refractivity contribution < 1.29 is 26.3 Å². The van der Waals surface area contributed by atoms with Gasteiger partial charge in [-0.2, -0.15) is 8.61 Å². The van der Waals surface area contributed by atoms with Gasteiger partial charge >= 0.3 is 0 Å². The quantitative estimate of drug-likeness (QED) is 0.369. The maximum absolute atomic E-state index is 13.7. The molecule has 1 aromatic heterocycles. The normalized spacial score (nSPS) is 27.3. The number of piperidine rings is 1. The van der Waals surface area contributed by atoms with Crippen molar-refractivity contribution in [1.82, 2.24) is 18.5 Å². The van der Waals surface area contributed by atoms with Crippen LogP contribution in [-0.2, 0) is 20.0 Å². The van der Waals surface area contributed by atoms with Crippen molar-refractivity contribution in [2.75, 3.05) is 32.5 Å². The Morgan fingerprint density at radius 1 is 0.907 bits per heavy atom. The first kappa shape index (κ1) is 30.8. The predicted octanol–water partition coefficient (Wildman–Crippen LogP) is 3.73. The van der Waals surface area contributed by atoms with Crippen molar-refractivity contribution >= 4 is 20.0 Å². The van der Waals surface area contributed by atoms with E-state index in [0.29, 0.717) is 66.3 Å². The van der Waals surface area contributed by atoms with Crippen LogP contribution in [0, 0.1) is 13.8 Å². The molecule has 0 radical (unpaired) electrons. The molecule has 0 aliphatic carbocycles. The monoisotopic (exact) mass is 632 g/mol. The van der Waals surface area contributed by atoms with Crippen LogP contribution in [0.4, 0.5) is 0 Å². The molecule has 0 amide bonds. The van der Waals surface area contributed by atoms with E-state index in [1.807, 2.05) is 12.1 Å². The number of rotatable bonds is 11. The van der Waals surface area contributed by atoms with Gasteiger partial charge < -0.3 is 9.47 Å². The lowest BCUT2D eigenvalue weighted by Crippen LogP contribution is -2.65. The number of benzene rings is 1. The summed E-state index contributed by atoms with van der Waals surface area (Å²) in [7, 11) is -5.51. The molecule has 5 heterocycles. The van der Waals surface area contributed by atoms with Gasteiger partial charge in [0, 0.05) is 56.2 Å². The Labute approximate surface area is 256 Å². The molecule has 4 saturated heterocycles. The summed E-state index contributed by atoms with van der Waals surface area (Å²) >= 11 is 0. The third-order valence-electron chi connectivity index (χ3n) is 9.84. The van der Waals surface area contributed by atoms with E-state index in [4.69, 9.17) is 9.47 Å². The SMILES string of the molecule is COc1cc(C)c(S(=O)(=O)N2CCCC2CCCS(=O)(=O)N2CC(N3[C@@H]4CC[C@H]3CC(Oc3ccncc3)C4)C2)c(C)c1. The highest BCUT2D eigenvalue weighted by Crippen LogP contribution is 2.41. The third kappa shape index (κ3) is 6.18. The molecule has 6 rings (SSSR count). The van der Waals surface area contributed by atoms with Crippen LogP contribution in [-0.4, -0.2) is 98.1 Å². The predicted molar refractivity (Wildman–Crippen MR) is 164 cm³/mol. The highest BCUT2D eigenvalue weighted by molar-refractivity contribution is 7.89. The zero-order chi connectivity index (χ0) is 30.4. The average molecular weight is 633 g/mol. The largest absolute Gasteiger partial charge is 0.497 e. The van der Waals surface area contributed by atoms with Crippen molar-refractivity contribution in [2.45, 2.75) is 100 Å². The van der Waals surface area contributed by atoms with E-state index < -0.39 is 20.0 Å². The Morgan fingerprint density at radius 2 is 1.56 bits per heavy atom. The molecule has 2 aromatic rings. The van der Waals surface area contributed by atoms with Crippen molar-refractivity contribution in [2.24, 2.45) is 0 Å². The molecule has 1 aromatic carbocycles. The first-order valence-electron chi connectivity index (χ1n) is 15.6. The highest BCUT2D eigenvalue weighted by Gasteiger charge is 2.49. The zero-order valence-corrected chi connectivity index (χ0v) is 27.0. The van der Waals surface area contributed by atoms with Crippen LogP contribution < -0.4 is 9.47 Å². The van der Waals surface area contributed by atoms with Crippen LogP contribution in [0.1, 0.15) is 62.5 Å². The minimum Gasteiger partial charge on any atom is -0.497 e. The Balaban J connectivity index is 1.00. The molecule has 0 N–H and O–H groups in total. The van der Waals surface area contributed by atoms with Gasteiger partial charge in [0.15, 0.2) is 0 Å². The van der Waals surface area contributed by atoms with Crippen molar-refractivity contribution in [3.8, 4) is 11.5 Å². The summed E-state index contributed by atoms with van der Waals surface area (Å²) in [6.07, 6.45) is 10.4. The molecule has 4 aliphatic rings. The molecule has 0 saturated carbocycles. The summed E-state index contributed by atoms with van der Waals surface area (Å²) in [6, 6.07) is 8.26. The fourth-order valence-electron chi connectivity index (χ4n) is 7.89. The van der Waals surface area contributed by atoms with Crippen molar-refractivity contribution in [3.05, 3.63) is 47.8 Å². The molecule has 12 heteroatoms. The fourth-order valence-corrected chi connectivity index (χ4v) is 11.6. The van der Waals surface area contributed by atoms with Crippen LogP contribution >= 0.6 is 0 Å². The summed E-state index contributed by atoms with van der Waals surface area (Å²) in [5.41, 5.74) is 1.33. The van der Waals surface area contributed by atoms with Crippen LogP contribution in [0.5, 0.6) is 11.5 Å². The van der Waals surface area contributed by atoms with Gasteiger partial charge in [0.05, 0.1) is 17.8 Å². The summed E-state index contributed by atoms with van der Waals surface area (Å²) < 4.78 is 68.7. The highest BCUT2D eigenvalue weighted by atomic mass is 32.2. The average Bonchev–Trinajstić information content (AvgIpc) is 3.50. The summed E-state index contributed by atoms with van der Waals surface area (Å²) in [5.74, 6) is 1.55. The number of ether oxygens (including phenoxy) is 2. The molecular formula is C31H44N4O6S2. The van der Waals surface area contributed by atoms with Gasteiger partial charge in [-0.3, -0.25) is 9.88 Å². The maximum atomic E-state index is 13.7. The molecular weight excluding hydrogens is 588 g/mol. The molecule has 43 heavy (non-hydrogen) atoms. The molecule has 10 nitrogen and oxygen atoms in total. The number of sulfonamides is 2. The van der Waals surface area contributed by atoms with Crippen LogP contribution in [0.2, 0.25) is 0 Å². The summed E-state index contributed by atoms with van der Waals surface area (Å²) in [5, 5.41) is 0. The number of aryl methyl sites for hydroxylation is 2. The maximum Gasteiger partial charge on any atom is 0.243 e. The van der Waals surface area contributed by atoms with E-state index in [0.717, 1.165) is 44.3 Å². The third-order valence-corrected chi connectivity index (χ3v) is 14.0. The molecule has 0 spiro atoms. The van der Waals surface area contributed by atoms with E-state index >= 15 is 0 Å². The van der Waals surface area contributed by atoms with Gasteiger partial charge in [-0.05, 0) is 101 Å². The Morgan fingerprint density at radius 3 is 2.19 bits per heavy atom. The molecule has 2 unspecified atom stereocenters.